The fraction of sp³-hybridized carbons (Fsp3) is 0.0500. The first-order valence-electron chi connectivity index (χ1n) is 7.87. The summed E-state index contributed by atoms with van der Waals surface area (Å²) < 4.78 is 2.24. The van der Waals surface area contributed by atoms with Crippen molar-refractivity contribution in [2.75, 3.05) is 0 Å². The highest BCUT2D eigenvalue weighted by Crippen LogP contribution is 2.34. The largest absolute Gasteiger partial charge is 0.343 e. The van der Waals surface area contributed by atoms with E-state index < -0.39 is 0 Å². The first kappa shape index (κ1) is 13.2. The molecule has 5 aromatic rings. The molecule has 0 unspecified atom stereocenters. The van der Waals surface area contributed by atoms with Gasteiger partial charge in [0.2, 0.25) is 0 Å². The second kappa shape index (κ2) is 4.86. The van der Waals surface area contributed by atoms with Gasteiger partial charge in [0.25, 0.3) is 0 Å². The van der Waals surface area contributed by atoms with Crippen LogP contribution in [0.4, 0.5) is 0 Å². The third-order valence-electron chi connectivity index (χ3n) is 4.53. The van der Waals surface area contributed by atoms with Crippen LogP contribution < -0.4 is 0 Å². The molecule has 0 N–H and O–H groups in total. The van der Waals surface area contributed by atoms with E-state index in [4.69, 9.17) is 4.98 Å². The van der Waals surface area contributed by atoms with Gasteiger partial charge in [0, 0.05) is 41.3 Å². The maximum absolute atomic E-state index is 4.72. The lowest BCUT2D eigenvalue weighted by Gasteiger charge is -2.07. The SMILES string of the molecule is Cn1c2ccccc2c2cccc(-c3ccc4nccnc4n3)c21. The lowest BCUT2D eigenvalue weighted by atomic mass is 10.1. The third-order valence-corrected chi connectivity index (χ3v) is 4.53. The molecule has 114 valence electrons. The molecule has 0 saturated carbocycles. The summed E-state index contributed by atoms with van der Waals surface area (Å²) in [7, 11) is 2.11. The molecular weight excluding hydrogens is 296 g/mol. The first-order valence-corrected chi connectivity index (χ1v) is 7.87. The lowest BCUT2D eigenvalue weighted by molar-refractivity contribution is 1.01. The summed E-state index contributed by atoms with van der Waals surface area (Å²) in [6.45, 7) is 0. The maximum Gasteiger partial charge on any atom is 0.178 e. The van der Waals surface area contributed by atoms with Crippen LogP contribution in [0.5, 0.6) is 0 Å². The summed E-state index contributed by atoms with van der Waals surface area (Å²) in [6, 6.07) is 18.8. The van der Waals surface area contributed by atoms with Crippen molar-refractivity contribution < 1.29 is 0 Å². The minimum atomic E-state index is 0.672. The molecule has 3 aromatic heterocycles. The van der Waals surface area contributed by atoms with Crippen molar-refractivity contribution in [3.63, 3.8) is 0 Å². The Kier molecular flexibility index (Phi) is 2.67. The number of hydrogen-bond acceptors (Lipinski definition) is 3. The zero-order valence-corrected chi connectivity index (χ0v) is 13.1. The summed E-state index contributed by atoms with van der Waals surface area (Å²) in [4.78, 5) is 13.4. The van der Waals surface area contributed by atoms with Crippen LogP contribution in [0.15, 0.2) is 67.0 Å². The number of pyridine rings is 1. The van der Waals surface area contributed by atoms with Gasteiger partial charge in [-0.1, -0.05) is 36.4 Å². The van der Waals surface area contributed by atoms with E-state index in [9.17, 15) is 0 Å². The van der Waals surface area contributed by atoms with Crippen molar-refractivity contribution in [3.05, 3.63) is 67.0 Å². The number of nitrogens with zero attached hydrogens (tertiary/aromatic N) is 4. The topological polar surface area (TPSA) is 43.6 Å². The van der Waals surface area contributed by atoms with E-state index >= 15 is 0 Å². The van der Waals surface area contributed by atoms with Gasteiger partial charge in [0.1, 0.15) is 5.52 Å². The predicted molar refractivity (Wildman–Crippen MR) is 96.8 cm³/mol. The summed E-state index contributed by atoms with van der Waals surface area (Å²) in [5.41, 5.74) is 5.92. The number of fused-ring (bicyclic) bond motifs is 4. The minimum Gasteiger partial charge on any atom is -0.343 e. The summed E-state index contributed by atoms with van der Waals surface area (Å²) in [5, 5.41) is 2.50. The molecule has 4 nitrogen and oxygen atoms in total. The summed E-state index contributed by atoms with van der Waals surface area (Å²) in [6.07, 6.45) is 3.37. The van der Waals surface area contributed by atoms with Crippen LogP contribution in [0.25, 0.3) is 44.2 Å². The fourth-order valence-electron chi connectivity index (χ4n) is 3.45. The zero-order chi connectivity index (χ0) is 16.1. The van der Waals surface area contributed by atoms with Crippen LogP contribution in [-0.2, 0) is 7.05 Å². The monoisotopic (exact) mass is 310 g/mol. The fourth-order valence-corrected chi connectivity index (χ4v) is 3.45. The van der Waals surface area contributed by atoms with Crippen LogP contribution in [-0.4, -0.2) is 19.5 Å². The van der Waals surface area contributed by atoms with E-state index in [1.807, 2.05) is 12.1 Å². The van der Waals surface area contributed by atoms with Crippen molar-refractivity contribution in [3.8, 4) is 11.3 Å². The Bertz CT molecular complexity index is 1220. The smallest absolute Gasteiger partial charge is 0.178 e. The van der Waals surface area contributed by atoms with E-state index in [1.54, 1.807) is 12.4 Å². The summed E-state index contributed by atoms with van der Waals surface area (Å²) >= 11 is 0. The van der Waals surface area contributed by atoms with E-state index in [0.717, 1.165) is 16.8 Å². The Morgan fingerprint density at radius 1 is 0.792 bits per heavy atom. The quantitative estimate of drug-likeness (QED) is 0.462. The molecule has 0 aliphatic rings. The predicted octanol–water partition coefficient (Wildman–Crippen LogP) is 4.34. The molecule has 24 heavy (non-hydrogen) atoms. The molecular formula is C20H14N4. The van der Waals surface area contributed by atoms with Gasteiger partial charge in [-0.25, -0.2) is 9.97 Å². The molecule has 0 fully saturated rings. The third kappa shape index (κ3) is 1.77. The molecule has 4 heteroatoms. The van der Waals surface area contributed by atoms with Crippen LogP contribution in [0, 0.1) is 0 Å². The molecule has 3 heterocycles. The van der Waals surface area contributed by atoms with E-state index in [0.29, 0.717) is 5.65 Å². The number of benzene rings is 2. The van der Waals surface area contributed by atoms with Crippen molar-refractivity contribution >= 4 is 33.0 Å². The van der Waals surface area contributed by atoms with Gasteiger partial charge >= 0.3 is 0 Å². The number of rotatable bonds is 1. The molecule has 0 bridgehead atoms. The average molecular weight is 310 g/mol. The van der Waals surface area contributed by atoms with Gasteiger partial charge in [0.05, 0.1) is 11.2 Å². The van der Waals surface area contributed by atoms with Gasteiger partial charge in [-0.15, -0.1) is 0 Å². The Morgan fingerprint density at radius 3 is 2.58 bits per heavy atom. The molecule has 2 aromatic carbocycles. The number of hydrogen-bond donors (Lipinski definition) is 0. The normalized spacial score (nSPS) is 11.5. The molecule has 0 amide bonds. The van der Waals surface area contributed by atoms with E-state index in [1.165, 1.54) is 21.8 Å². The van der Waals surface area contributed by atoms with Crippen molar-refractivity contribution in [2.24, 2.45) is 7.05 Å². The van der Waals surface area contributed by atoms with Crippen LogP contribution in [0.3, 0.4) is 0 Å². The second-order valence-corrected chi connectivity index (χ2v) is 5.87. The Hall–Kier alpha value is -3.27. The zero-order valence-electron chi connectivity index (χ0n) is 13.1. The van der Waals surface area contributed by atoms with Crippen LogP contribution >= 0.6 is 0 Å². The van der Waals surface area contributed by atoms with E-state index in [2.05, 4.69) is 64.0 Å². The first-order chi connectivity index (χ1) is 11.8. The molecule has 0 aliphatic heterocycles. The molecule has 0 saturated heterocycles. The highest BCUT2D eigenvalue weighted by Gasteiger charge is 2.13. The Labute approximate surface area is 138 Å². The standard InChI is InChI=1S/C20H14N4/c1-24-18-8-3-2-5-13(18)14-6-4-7-15(19(14)24)16-9-10-17-20(23-16)22-12-11-21-17/h2-12H,1H3. The number of aryl methyl sites for hydroxylation is 1. The van der Waals surface area contributed by atoms with Crippen LogP contribution in [0.2, 0.25) is 0 Å². The van der Waals surface area contributed by atoms with Gasteiger partial charge < -0.3 is 4.57 Å². The van der Waals surface area contributed by atoms with Crippen molar-refractivity contribution in [1.82, 2.24) is 19.5 Å². The second-order valence-electron chi connectivity index (χ2n) is 5.87. The number of para-hydroxylation sites is 2. The van der Waals surface area contributed by atoms with Gasteiger partial charge in [-0.05, 0) is 18.2 Å². The molecule has 0 spiro atoms. The van der Waals surface area contributed by atoms with E-state index in [-0.39, 0.29) is 0 Å². The Balaban J connectivity index is 1.88. The lowest BCUT2D eigenvalue weighted by Crippen LogP contribution is -1.93. The average Bonchev–Trinajstić information content (AvgIpc) is 2.95. The van der Waals surface area contributed by atoms with Gasteiger partial charge in [-0.3, -0.25) is 4.98 Å². The van der Waals surface area contributed by atoms with Crippen LogP contribution in [0.1, 0.15) is 0 Å². The minimum absolute atomic E-state index is 0.672. The summed E-state index contributed by atoms with van der Waals surface area (Å²) in [5.74, 6) is 0. The van der Waals surface area contributed by atoms with Crippen molar-refractivity contribution in [2.45, 2.75) is 0 Å². The van der Waals surface area contributed by atoms with Gasteiger partial charge in [0.15, 0.2) is 5.65 Å². The van der Waals surface area contributed by atoms with Gasteiger partial charge in [-0.2, -0.15) is 0 Å². The molecule has 0 atom stereocenters. The maximum atomic E-state index is 4.72. The number of aromatic nitrogens is 4. The molecule has 0 aliphatic carbocycles. The highest BCUT2D eigenvalue weighted by molar-refractivity contribution is 6.12. The molecule has 5 rings (SSSR count). The van der Waals surface area contributed by atoms with Crippen molar-refractivity contribution in [1.29, 1.82) is 0 Å². The molecule has 0 radical (unpaired) electrons. The highest BCUT2D eigenvalue weighted by atomic mass is 14.9. The Morgan fingerprint density at radius 2 is 1.62 bits per heavy atom.